The van der Waals surface area contributed by atoms with E-state index in [0.29, 0.717) is 11.1 Å². The quantitative estimate of drug-likeness (QED) is 0.852. The second-order valence-corrected chi connectivity index (χ2v) is 5.57. The van der Waals surface area contributed by atoms with Gasteiger partial charge in [0.15, 0.2) is 0 Å². The zero-order valence-corrected chi connectivity index (χ0v) is 12.9. The normalized spacial score (nSPS) is 10.2. The van der Waals surface area contributed by atoms with Crippen molar-refractivity contribution in [2.75, 3.05) is 0 Å². The highest BCUT2D eigenvalue weighted by molar-refractivity contribution is 9.11. The summed E-state index contributed by atoms with van der Waals surface area (Å²) >= 11 is 6.63. The van der Waals surface area contributed by atoms with Crippen molar-refractivity contribution in [3.63, 3.8) is 0 Å². The van der Waals surface area contributed by atoms with E-state index in [1.54, 1.807) is 30.6 Å². The van der Waals surface area contributed by atoms with Gasteiger partial charge in [-0.3, -0.25) is 9.78 Å². The molecule has 0 radical (unpaired) electrons. The number of carbonyl (C=O) groups excluding carboxylic acids is 1. The molecule has 2 N–H and O–H groups in total. The average molecular weight is 386 g/mol. The lowest BCUT2D eigenvalue weighted by Gasteiger charge is -2.09. The van der Waals surface area contributed by atoms with E-state index in [0.717, 1.165) is 8.95 Å². The summed E-state index contributed by atoms with van der Waals surface area (Å²) in [6.45, 7) is 0.237. The van der Waals surface area contributed by atoms with E-state index in [1.807, 2.05) is 6.07 Å². The predicted molar refractivity (Wildman–Crippen MR) is 78.9 cm³/mol. The molecule has 4 nitrogen and oxygen atoms in total. The van der Waals surface area contributed by atoms with Gasteiger partial charge in [0, 0.05) is 39.0 Å². The summed E-state index contributed by atoms with van der Waals surface area (Å²) in [5.74, 6) is -0.0899. The van der Waals surface area contributed by atoms with Crippen LogP contribution in [0.2, 0.25) is 0 Å². The van der Waals surface area contributed by atoms with Crippen LogP contribution in [0.3, 0.4) is 0 Å². The van der Waals surface area contributed by atoms with Gasteiger partial charge in [-0.2, -0.15) is 0 Å². The molecule has 98 valence electrons. The number of aromatic nitrogens is 1. The summed E-state index contributed by atoms with van der Waals surface area (Å²) in [5.41, 5.74) is 1.16. The van der Waals surface area contributed by atoms with Crippen LogP contribution >= 0.6 is 31.9 Å². The van der Waals surface area contributed by atoms with E-state index >= 15 is 0 Å². The molecule has 19 heavy (non-hydrogen) atoms. The standard InChI is InChI=1S/C13H10Br2N2O2/c14-9-5-11(15)10(12(18)6-9)7-17-13(19)8-1-3-16-4-2-8/h1-6,18H,7H2,(H,17,19). The maximum Gasteiger partial charge on any atom is 0.251 e. The van der Waals surface area contributed by atoms with Gasteiger partial charge in [-0.25, -0.2) is 0 Å². The summed E-state index contributed by atoms with van der Waals surface area (Å²) < 4.78 is 1.50. The van der Waals surface area contributed by atoms with Crippen LogP contribution < -0.4 is 5.32 Å². The van der Waals surface area contributed by atoms with Crippen molar-refractivity contribution in [1.29, 1.82) is 0 Å². The molecular weight excluding hydrogens is 376 g/mol. The number of benzene rings is 1. The van der Waals surface area contributed by atoms with Gasteiger partial charge < -0.3 is 10.4 Å². The first-order chi connectivity index (χ1) is 9.08. The lowest BCUT2D eigenvalue weighted by molar-refractivity contribution is 0.0950. The second kappa shape index (κ2) is 6.16. The number of nitrogens with one attached hydrogen (secondary N) is 1. The number of amides is 1. The molecule has 2 aromatic rings. The van der Waals surface area contributed by atoms with Crippen molar-refractivity contribution in [2.45, 2.75) is 6.54 Å². The fourth-order valence-corrected chi connectivity index (χ4v) is 2.88. The van der Waals surface area contributed by atoms with Crippen LogP contribution in [0, 0.1) is 0 Å². The van der Waals surface area contributed by atoms with Crippen LogP contribution in [-0.4, -0.2) is 16.0 Å². The molecule has 1 heterocycles. The molecule has 1 aromatic heterocycles. The number of hydrogen-bond acceptors (Lipinski definition) is 3. The minimum Gasteiger partial charge on any atom is -0.508 e. The zero-order valence-electron chi connectivity index (χ0n) is 9.73. The van der Waals surface area contributed by atoms with Crippen molar-refractivity contribution in [2.24, 2.45) is 0 Å². The van der Waals surface area contributed by atoms with Gasteiger partial charge >= 0.3 is 0 Å². The third-order valence-corrected chi connectivity index (χ3v) is 3.67. The minimum absolute atomic E-state index is 0.122. The fourth-order valence-electron chi connectivity index (χ4n) is 1.54. The van der Waals surface area contributed by atoms with E-state index in [1.165, 1.54) is 0 Å². The third-order valence-electron chi connectivity index (χ3n) is 2.50. The van der Waals surface area contributed by atoms with Crippen LogP contribution in [-0.2, 0) is 6.54 Å². The Morgan fingerprint density at radius 3 is 2.58 bits per heavy atom. The highest BCUT2D eigenvalue weighted by Crippen LogP contribution is 2.30. The fraction of sp³-hybridized carbons (Fsp3) is 0.0769. The Morgan fingerprint density at radius 1 is 1.26 bits per heavy atom. The van der Waals surface area contributed by atoms with Crippen LogP contribution in [0.15, 0.2) is 45.6 Å². The molecule has 1 aromatic carbocycles. The van der Waals surface area contributed by atoms with Crippen LogP contribution in [0.4, 0.5) is 0 Å². The number of nitrogens with zero attached hydrogens (tertiary/aromatic N) is 1. The maximum absolute atomic E-state index is 11.9. The monoisotopic (exact) mass is 384 g/mol. The molecule has 1 amide bonds. The van der Waals surface area contributed by atoms with Gasteiger partial charge in [0.2, 0.25) is 0 Å². The summed E-state index contributed by atoms with van der Waals surface area (Å²) in [4.78, 5) is 15.7. The number of phenolic OH excluding ortho intramolecular Hbond substituents is 1. The van der Waals surface area contributed by atoms with Gasteiger partial charge in [0.05, 0.1) is 0 Å². The molecule has 0 aliphatic rings. The van der Waals surface area contributed by atoms with E-state index in [-0.39, 0.29) is 18.2 Å². The van der Waals surface area contributed by atoms with E-state index in [9.17, 15) is 9.90 Å². The summed E-state index contributed by atoms with van der Waals surface area (Å²) in [6.07, 6.45) is 3.11. The Kier molecular flexibility index (Phi) is 4.55. The van der Waals surface area contributed by atoms with Gasteiger partial charge in [-0.05, 0) is 24.3 Å². The average Bonchev–Trinajstić information content (AvgIpc) is 2.38. The lowest BCUT2D eigenvalue weighted by Crippen LogP contribution is -2.23. The minimum atomic E-state index is -0.211. The third kappa shape index (κ3) is 3.54. The topological polar surface area (TPSA) is 62.2 Å². The van der Waals surface area contributed by atoms with Gasteiger partial charge in [-0.1, -0.05) is 31.9 Å². The Bertz CT molecular complexity index is 580. The maximum atomic E-state index is 11.9. The Balaban J connectivity index is 2.10. The first kappa shape index (κ1) is 14.0. The van der Waals surface area contributed by atoms with Crippen LogP contribution in [0.25, 0.3) is 0 Å². The molecule has 0 atom stereocenters. The van der Waals surface area contributed by atoms with Crippen molar-refractivity contribution in [3.8, 4) is 5.75 Å². The molecule has 0 saturated heterocycles. The molecule has 0 fully saturated rings. The van der Waals surface area contributed by atoms with Gasteiger partial charge in [0.1, 0.15) is 5.75 Å². The largest absolute Gasteiger partial charge is 0.508 e. The number of halogens is 2. The van der Waals surface area contributed by atoms with Gasteiger partial charge in [0.25, 0.3) is 5.91 Å². The highest BCUT2D eigenvalue weighted by atomic mass is 79.9. The Morgan fingerprint density at radius 2 is 1.95 bits per heavy atom. The summed E-state index contributed by atoms with van der Waals surface area (Å²) in [7, 11) is 0. The molecule has 2 rings (SSSR count). The molecule has 0 bridgehead atoms. The van der Waals surface area contributed by atoms with Crippen molar-refractivity contribution < 1.29 is 9.90 Å². The zero-order chi connectivity index (χ0) is 13.8. The highest BCUT2D eigenvalue weighted by Gasteiger charge is 2.10. The molecule has 6 heteroatoms. The smallest absolute Gasteiger partial charge is 0.251 e. The molecule has 0 saturated carbocycles. The second-order valence-electron chi connectivity index (χ2n) is 3.80. The number of rotatable bonds is 3. The van der Waals surface area contributed by atoms with Crippen molar-refractivity contribution in [1.82, 2.24) is 10.3 Å². The summed E-state index contributed by atoms with van der Waals surface area (Å²) in [6, 6.07) is 6.66. The van der Waals surface area contributed by atoms with Crippen LogP contribution in [0.1, 0.15) is 15.9 Å². The number of phenols is 1. The molecule has 0 aliphatic heterocycles. The van der Waals surface area contributed by atoms with E-state index < -0.39 is 0 Å². The predicted octanol–water partition coefficient (Wildman–Crippen LogP) is 3.24. The molecular formula is C13H10Br2N2O2. The van der Waals surface area contributed by atoms with Crippen molar-refractivity contribution >= 4 is 37.8 Å². The number of aromatic hydroxyl groups is 1. The molecule has 0 unspecified atom stereocenters. The molecule has 0 spiro atoms. The number of pyridine rings is 1. The first-order valence-electron chi connectivity index (χ1n) is 5.43. The lowest BCUT2D eigenvalue weighted by atomic mass is 10.2. The van der Waals surface area contributed by atoms with E-state index in [2.05, 4.69) is 42.2 Å². The number of hydrogen-bond donors (Lipinski definition) is 2. The number of carbonyl (C=O) groups is 1. The SMILES string of the molecule is O=C(NCc1c(O)cc(Br)cc1Br)c1ccncc1. The Hall–Kier alpha value is -1.40. The van der Waals surface area contributed by atoms with E-state index in [4.69, 9.17) is 0 Å². The molecule has 0 aliphatic carbocycles. The first-order valence-corrected chi connectivity index (χ1v) is 7.01. The van der Waals surface area contributed by atoms with Crippen LogP contribution in [0.5, 0.6) is 5.75 Å². The Labute approximate surface area is 127 Å². The summed E-state index contributed by atoms with van der Waals surface area (Å²) in [5, 5.41) is 12.6. The van der Waals surface area contributed by atoms with Gasteiger partial charge in [-0.15, -0.1) is 0 Å². The van der Waals surface area contributed by atoms with Crippen molar-refractivity contribution in [3.05, 3.63) is 56.7 Å².